The summed E-state index contributed by atoms with van der Waals surface area (Å²) >= 11 is 3.39. The van der Waals surface area contributed by atoms with Gasteiger partial charge in [-0.2, -0.15) is 0 Å². The topological polar surface area (TPSA) is 77.8 Å². The van der Waals surface area contributed by atoms with E-state index in [0.29, 0.717) is 18.5 Å². The lowest BCUT2D eigenvalue weighted by molar-refractivity contribution is -0.116. The van der Waals surface area contributed by atoms with E-state index in [9.17, 15) is 9.59 Å². The molecular formula is C20H16BrN3O2. The fraction of sp³-hybridized carbons (Fsp3) is 0.100. The molecule has 6 heteroatoms. The quantitative estimate of drug-likeness (QED) is 0.344. The second kappa shape index (κ2) is 6.80. The Balaban J connectivity index is 1.44. The zero-order valence-corrected chi connectivity index (χ0v) is 15.4. The van der Waals surface area contributed by atoms with Crippen molar-refractivity contribution in [2.24, 2.45) is 0 Å². The lowest BCUT2D eigenvalue weighted by Crippen LogP contribution is -2.32. The molecule has 5 nitrogen and oxygen atoms in total. The summed E-state index contributed by atoms with van der Waals surface area (Å²) in [6.45, 7) is 0.401. The fourth-order valence-corrected chi connectivity index (χ4v) is 3.49. The van der Waals surface area contributed by atoms with Crippen molar-refractivity contribution in [2.75, 3.05) is 6.54 Å². The van der Waals surface area contributed by atoms with Crippen molar-refractivity contribution >= 4 is 49.4 Å². The van der Waals surface area contributed by atoms with Crippen LogP contribution in [0.15, 0.2) is 59.3 Å². The van der Waals surface area contributed by atoms with Crippen molar-refractivity contribution in [3.63, 3.8) is 0 Å². The van der Waals surface area contributed by atoms with Crippen LogP contribution in [0, 0.1) is 0 Å². The first-order valence-electron chi connectivity index (χ1n) is 8.27. The van der Waals surface area contributed by atoms with E-state index in [0.717, 1.165) is 31.8 Å². The van der Waals surface area contributed by atoms with E-state index >= 15 is 0 Å². The molecule has 0 aliphatic rings. The highest BCUT2D eigenvalue weighted by molar-refractivity contribution is 9.10. The highest BCUT2D eigenvalue weighted by atomic mass is 79.9. The van der Waals surface area contributed by atoms with Gasteiger partial charge in [0.1, 0.15) is 0 Å². The van der Waals surface area contributed by atoms with Crippen molar-refractivity contribution in [2.45, 2.75) is 6.42 Å². The molecule has 130 valence electrons. The Hall–Kier alpha value is -2.86. The number of halogens is 1. The number of ketones is 1. The minimum absolute atomic E-state index is 0.380. The van der Waals surface area contributed by atoms with Gasteiger partial charge in [0.15, 0.2) is 0 Å². The molecule has 3 N–H and O–H groups in total. The lowest BCUT2D eigenvalue weighted by atomic mass is 10.1. The minimum Gasteiger partial charge on any atom is -0.361 e. The van der Waals surface area contributed by atoms with Crippen LogP contribution in [0.4, 0.5) is 0 Å². The zero-order chi connectivity index (χ0) is 18.1. The number of nitrogens with one attached hydrogen (secondary N) is 3. The van der Waals surface area contributed by atoms with E-state index in [1.54, 1.807) is 6.20 Å². The third-order valence-electron chi connectivity index (χ3n) is 4.45. The van der Waals surface area contributed by atoms with Crippen LogP contribution in [-0.2, 0) is 11.2 Å². The van der Waals surface area contributed by atoms with Crippen molar-refractivity contribution < 1.29 is 9.59 Å². The predicted octanol–water partition coefficient (Wildman–Crippen LogP) is 3.95. The second-order valence-electron chi connectivity index (χ2n) is 6.09. The van der Waals surface area contributed by atoms with Crippen molar-refractivity contribution in [1.82, 2.24) is 15.3 Å². The molecule has 0 spiro atoms. The van der Waals surface area contributed by atoms with E-state index in [-0.39, 0.29) is 0 Å². The van der Waals surface area contributed by atoms with Crippen LogP contribution >= 0.6 is 15.9 Å². The molecule has 26 heavy (non-hydrogen) atoms. The third-order valence-corrected chi connectivity index (χ3v) is 4.94. The first-order chi connectivity index (χ1) is 12.6. The maximum Gasteiger partial charge on any atom is 0.292 e. The lowest BCUT2D eigenvalue weighted by Gasteiger charge is -2.04. The van der Waals surface area contributed by atoms with E-state index in [1.807, 2.05) is 48.7 Å². The van der Waals surface area contributed by atoms with Crippen molar-refractivity contribution in [3.05, 3.63) is 70.5 Å². The number of rotatable bonds is 5. The van der Waals surface area contributed by atoms with Crippen molar-refractivity contribution in [3.8, 4) is 0 Å². The summed E-state index contributed by atoms with van der Waals surface area (Å²) in [5.41, 5.74) is 3.38. The van der Waals surface area contributed by atoms with Crippen LogP contribution in [0.3, 0.4) is 0 Å². The van der Waals surface area contributed by atoms with Crippen LogP contribution in [-0.4, -0.2) is 28.2 Å². The highest BCUT2D eigenvalue weighted by Gasteiger charge is 2.19. The van der Waals surface area contributed by atoms with Crippen LogP contribution in [0.2, 0.25) is 0 Å². The molecule has 1 amide bonds. The van der Waals surface area contributed by atoms with Crippen LogP contribution in [0.1, 0.15) is 15.9 Å². The molecule has 2 aromatic carbocycles. The average molecular weight is 410 g/mol. The van der Waals surface area contributed by atoms with Crippen LogP contribution < -0.4 is 5.32 Å². The number of carbonyl (C=O) groups excluding carboxylic acids is 2. The number of benzene rings is 2. The largest absolute Gasteiger partial charge is 0.361 e. The number of para-hydroxylation sites is 1. The summed E-state index contributed by atoms with van der Waals surface area (Å²) < 4.78 is 0.860. The normalized spacial score (nSPS) is 11.1. The van der Waals surface area contributed by atoms with Crippen LogP contribution in [0.5, 0.6) is 0 Å². The van der Waals surface area contributed by atoms with Gasteiger partial charge in [-0.3, -0.25) is 9.59 Å². The molecule has 0 unspecified atom stereocenters. The Morgan fingerprint density at radius 1 is 0.962 bits per heavy atom. The summed E-state index contributed by atoms with van der Waals surface area (Å²) in [5.74, 6) is -1.13. The molecule has 2 heterocycles. The molecule has 4 aromatic rings. The van der Waals surface area contributed by atoms with E-state index < -0.39 is 11.7 Å². The number of Topliss-reactive ketones (excluding diaryl/α,β-unsaturated/α-hetero) is 1. The number of amides is 1. The Morgan fingerprint density at radius 2 is 1.73 bits per heavy atom. The Kier molecular flexibility index (Phi) is 4.34. The monoisotopic (exact) mass is 409 g/mol. The summed E-state index contributed by atoms with van der Waals surface area (Å²) in [6.07, 6.45) is 4.18. The van der Waals surface area contributed by atoms with Gasteiger partial charge in [-0.05, 0) is 36.2 Å². The molecule has 0 radical (unpaired) electrons. The number of aromatic amines is 2. The van der Waals surface area contributed by atoms with Gasteiger partial charge in [-0.1, -0.05) is 34.1 Å². The molecule has 2 aromatic heterocycles. The first-order valence-corrected chi connectivity index (χ1v) is 9.07. The summed E-state index contributed by atoms with van der Waals surface area (Å²) in [6, 6.07) is 13.6. The van der Waals surface area contributed by atoms with Crippen molar-refractivity contribution in [1.29, 1.82) is 0 Å². The van der Waals surface area contributed by atoms with E-state index in [1.165, 1.54) is 0 Å². The number of H-pyrrole nitrogens is 2. The van der Waals surface area contributed by atoms with E-state index in [2.05, 4.69) is 31.2 Å². The molecule has 0 saturated carbocycles. The Bertz CT molecular complexity index is 1130. The van der Waals surface area contributed by atoms with Gasteiger partial charge in [0.05, 0.1) is 5.56 Å². The SMILES string of the molecule is O=C(NCCc1c[nH]c2ccccc12)C(=O)c1c[nH]c2ccc(Br)cc12. The van der Waals surface area contributed by atoms with Crippen LogP contribution in [0.25, 0.3) is 21.8 Å². The Morgan fingerprint density at radius 3 is 2.62 bits per heavy atom. The summed E-state index contributed by atoms with van der Waals surface area (Å²) in [4.78, 5) is 31.0. The Labute approximate surface area is 157 Å². The number of hydrogen-bond donors (Lipinski definition) is 3. The summed E-state index contributed by atoms with van der Waals surface area (Å²) in [7, 11) is 0. The second-order valence-corrected chi connectivity index (χ2v) is 7.00. The fourth-order valence-electron chi connectivity index (χ4n) is 3.13. The maximum absolute atomic E-state index is 12.5. The highest BCUT2D eigenvalue weighted by Crippen LogP contribution is 2.23. The number of carbonyl (C=O) groups is 2. The molecular weight excluding hydrogens is 394 g/mol. The smallest absolute Gasteiger partial charge is 0.292 e. The molecule has 4 rings (SSSR count). The molecule has 0 aliphatic carbocycles. The minimum atomic E-state index is -0.592. The third kappa shape index (κ3) is 3.04. The molecule has 0 bridgehead atoms. The standard InChI is InChI=1S/C20H16BrN3O2/c21-13-5-6-18-15(9-13)16(11-24-18)19(25)20(26)22-8-7-12-10-23-17-4-2-1-3-14(12)17/h1-6,9-11,23-24H,7-8H2,(H,22,26). The number of hydrogen-bond acceptors (Lipinski definition) is 2. The van der Waals surface area contributed by atoms with Gasteiger partial charge in [0.25, 0.3) is 11.7 Å². The van der Waals surface area contributed by atoms with Gasteiger partial charge in [-0.25, -0.2) is 0 Å². The first kappa shape index (κ1) is 16.6. The molecule has 0 saturated heterocycles. The summed E-state index contributed by atoms with van der Waals surface area (Å²) in [5, 5.41) is 4.59. The molecule has 0 aliphatic heterocycles. The number of fused-ring (bicyclic) bond motifs is 2. The number of aromatic nitrogens is 2. The van der Waals surface area contributed by atoms with Gasteiger partial charge in [0, 0.05) is 45.2 Å². The van der Waals surface area contributed by atoms with E-state index in [4.69, 9.17) is 0 Å². The van der Waals surface area contributed by atoms with Gasteiger partial charge in [0.2, 0.25) is 0 Å². The van der Waals surface area contributed by atoms with Gasteiger partial charge < -0.3 is 15.3 Å². The maximum atomic E-state index is 12.5. The zero-order valence-electron chi connectivity index (χ0n) is 13.8. The predicted molar refractivity (Wildman–Crippen MR) is 105 cm³/mol. The van der Waals surface area contributed by atoms with Gasteiger partial charge in [-0.15, -0.1) is 0 Å². The average Bonchev–Trinajstić information content (AvgIpc) is 3.25. The molecule has 0 atom stereocenters. The van der Waals surface area contributed by atoms with Gasteiger partial charge >= 0.3 is 0 Å². The molecule has 0 fully saturated rings.